The van der Waals surface area contributed by atoms with Crippen molar-refractivity contribution in [2.24, 2.45) is 5.92 Å². The van der Waals surface area contributed by atoms with Gasteiger partial charge in [0.2, 0.25) is 0 Å². The van der Waals surface area contributed by atoms with Gasteiger partial charge in [-0.15, -0.1) is 0 Å². The molecule has 1 aromatic heterocycles. The number of ether oxygens (including phenoxy) is 1. The number of nitrogens with zero attached hydrogens (tertiary/aromatic N) is 1. The van der Waals surface area contributed by atoms with Gasteiger partial charge in [0.25, 0.3) is 0 Å². The minimum Gasteiger partial charge on any atom is -0.459 e. The zero-order valence-electron chi connectivity index (χ0n) is 18.0. The third kappa shape index (κ3) is 2.11. The molecule has 5 atom stereocenters. The molecule has 0 saturated carbocycles. The zero-order chi connectivity index (χ0) is 20.6. The van der Waals surface area contributed by atoms with E-state index in [2.05, 4.69) is 9.88 Å². The Balaban J connectivity index is 1.43. The summed E-state index contributed by atoms with van der Waals surface area (Å²) in [5, 5.41) is -0.00425. The molecule has 5 nitrogen and oxygen atoms in total. The van der Waals surface area contributed by atoms with E-state index in [0.29, 0.717) is 25.2 Å². The highest BCUT2D eigenvalue weighted by molar-refractivity contribution is 6.04. The summed E-state index contributed by atoms with van der Waals surface area (Å²) in [5.74, 6) is -0.316. The first-order valence-corrected chi connectivity index (χ1v) is 8.34. The molecule has 1 N–H and O–H groups in total. The van der Waals surface area contributed by atoms with Crippen LogP contribution in [-0.2, 0) is 9.53 Å². The largest absolute Gasteiger partial charge is 0.459 e. The van der Waals surface area contributed by atoms with Crippen molar-refractivity contribution in [3.63, 3.8) is 0 Å². The maximum Gasteiger partial charge on any atom is 0.340 e. The van der Waals surface area contributed by atoms with E-state index in [1.54, 1.807) is 0 Å². The predicted octanol–water partition coefficient (Wildman–Crippen LogP) is 2.52. The maximum atomic E-state index is 12.9. The van der Waals surface area contributed by atoms with Crippen molar-refractivity contribution < 1.29 is 21.2 Å². The molecule has 4 fully saturated rings. The number of para-hydroxylation sites is 1. The summed E-state index contributed by atoms with van der Waals surface area (Å²) in [4.78, 5) is 29.7. The van der Waals surface area contributed by atoms with Gasteiger partial charge in [-0.05, 0) is 18.9 Å². The van der Waals surface area contributed by atoms with Gasteiger partial charge in [-0.25, -0.2) is 4.79 Å². The van der Waals surface area contributed by atoms with Gasteiger partial charge in [-0.2, -0.15) is 0 Å². The lowest BCUT2D eigenvalue weighted by Crippen LogP contribution is -2.63. The fraction of sp³-hybridized carbons (Fsp3) is 0.474. The van der Waals surface area contributed by atoms with Gasteiger partial charge in [-0.3, -0.25) is 9.69 Å². The highest BCUT2D eigenvalue weighted by Gasteiger charge is 2.49. The van der Waals surface area contributed by atoms with E-state index in [1.807, 2.05) is 0 Å². The van der Waals surface area contributed by atoms with Gasteiger partial charge < -0.3 is 9.72 Å². The number of fused-ring (bicyclic) bond motifs is 2. The smallest absolute Gasteiger partial charge is 0.340 e. The zero-order valence-corrected chi connectivity index (χ0v) is 13.0. The molecule has 2 aromatic rings. The molecule has 24 heavy (non-hydrogen) atoms. The minimum absolute atomic E-state index is 0.00425. The first kappa shape index (κ1) is 9.99. The first-order chi connectivity index (χ1) is 13.8. The van der Waals surface area contributed by atoms with E-state index >= 15 is 0 Å². The lowest BCUT2D eigenvalue weighted by Gasteiger charge is -2.54. The molecule has 3 unspecified atom stereocenters. The molecule has 4 bridgehead atoms. The molecule has 0 amide bonds. The van der Waals surface area contributed by atoms with Gasteiger partial charge in [-0.1, -0.05) is 18.1 Å². The number of Topliss-reactive ketones (excluding diaryl/α,β-unsaturated/α-hetero) is 1. The molecule has 4 aliphatic heterocycles. The van der Waals surface area contributed by atoms with Gasteiger partial charge in [0.05, 0.1) is 19.0 Å². The molecule has 0 spiro atoms. The Bertz CT molecular complexity index is 1050. The summed E-state index contributed by atoms with van der Waals surface area (Å²) >= 11 is 0. The molecule has 5 heterocycles. The Morgan fingerprint density at radius 1 is 1.21 bits per heavy atom. The van der Waals surface area contributed by atoms with Gasteiger partial charge in [0, 0.05) is 47.9 Å². The van der Waals surface area contributed by atoms with Crippen LogP contribution in [0.1, 0.15) is 42.9 Å². The summed E-state index contributed by atoms with van der Waals surface area (Å²) in [7, 11) is 0. The van der Waals surface area contributed by atoms with E-state index in [-0.39, 0.29) is 58.8 Å². The van der Waals surface area contributed by atoms with Gasteiger partial charge >= 0.3 is 5.97 Å². The predicted molar refractivity (Wildman–Crippen MR) is 88.7 cm³/mol. The number of benzene rings is 1. The second-order valence-corrected chi connectivity index (χ2v) is 6.99. The SMILES string of the molecule is [2H]c1[nH]c2c([2H])c([2H])c([2H])c([2H])c2c1C(=O)OC1C[C@@H]2CC3C[C@H](C1)N2CC3=O. The number of carbonyl (C=O) groups excluding carboxylic acids is 2. The fourth-order valence-electron chi connectivity index (χ4n) is 4.56. The average molecular weight is 329 g/mol. The lowest BCUT2D eigenvalue weighted by molar-refractivity contribution is -0.145. The molecular formula is C19H20N2O3. The van der Waals surface area contributed by atoms with E-state index in [9.17, 15) is 9.59 Å². The third-order valence-electron chi connectivity index (χ3n) is 5.64. The quantitative estimate of drug-likeness (QED) is 0.860. The van der Waals surface area contributed by atoms with Crippen LogP contribution in [0.5, 0.6) is 0 Å². The summed E-state index contributed by atoms with van der Waals surface area (Å²) in [6, 6.07) is -1.09. The number of carbonyl (C=O) groups is 2. The van der Waals surface area contributed by atoms with Gasteiger partial charge in [0.1, 0.15) is 11.9 Å². The van der Waals surface area contributed by atoms with Crippen LogP contribution < -0.4 is 0 Å². The normalized spacial score (nSPS) is 37.4. The summed E-state index contributed by atoms with van der Waals surface area (Å²) < 4.78 is 45.6. The number of rotatable bonds is 2. The highest BCUT2D eigenvalue weighted by Crippen LogP contribution is 2.42. The van der Waals surface area contributed by atoms with E-state index in [4.69, 9.17) is 11.6 Å². The number of H-pyrrole nitrogens is 1. The van der Waals surface area contributed by atoms with E-state index in [0.717, 1.165) is 12.8 Å². The van der Waals surface area contributed by atoms with Crippen LogP contribution >= 0.6 is 0 Å². The second kappa shape index (κ2) is 5.18. The molecular weight excluding hydrogens is 304 g/mol. The standard InChI is InChI=1S/C19H20N2O3/c22-18-10-21-12-5-11(18)6-13(21)8-14(7-12)24-19(23)16-9-20-17-4-2-1-3-15(16)17/h1-4,9,11-14,20H,5-8,10H2/t11?,12-,13+,14?/i1D,2D,3D,4D,9D. The summed E-state index contributed by atoms with van der Waals surface area (Å²) in [6.07, 6.45) is 2.27. The highest BCUT2D eigenvalue weighted by atomic mass is 16.5. The van der Waals surface area contributed by atoms with Crippen LogP contribution in [0.15, 0.2) is 30.3 Å². The van der Waals surface area contributed by atoms with Crippen molar-refractivity contribution in [2.45, 2.75) is 43.9 Å². The van der Waals surface area contributed by atoms with E-state index in [1.165, 1.54) is 0 Å². The van der Waals surface area contributed by atoms with Crippen molar-refractivity contribution in [1.82, 2.24) is 9.88 Å². The number of aromatic amines is 1. The van der Waals surface area contributed by atoms with Gasteiger partial charge in [0.15, 0.2) is 0 Å². The molecule has 0 radical (unpaired) electrons. The van der Waals surface area contributed by atoms with Crippen LogP contribution in [0.4, 0.5) is 0 Å². The fourth-order valence-corrected chi connectivity index (χ4v) is 4.56. The maximum absolute atomic E-state index is 12.9. The molecule has 4 aliphatic rings. The van der Waals surface area contributed by atoms with Crippen molar-refractivity contribution in [3.05, 3.63) is 35.9 Å². The molecule has 124 valence electrons. The van der Waals surface area contributed by atoms with Crippen LogP contribution in [-0.4, -0.2) is 46.4 Å². The number of esters is 1. The lowest BCUT2D eigenvalue weighted by atomic mass is 9.72. The Labute approximate surface area is 147 Å². The Hall–Kier alpha value is -2.14. The minimum atomic E-state index is -0.743. The number of piperidine rings is 4. The first-order valence-electron chi connectivity index (χ1n) is 10.8. The number of hydrogen-bond donors (Lipinski definition) is 1. The number of nitrogens with one attached hydrogen (secondary N) is 1. The summed E-state index contributed by atoms with van der Waals surface area (Å²) in [6.45, 7) is 0.482. The van der Waals surface area contributed by atoms with Crippen LogP contribution in [0.2, 0.25) is 0 Å². The number of aromatic nitrogens is 1. The Morgan fingerprint density at radius 2 is 1.96 bits per heavy atom. The monoisotopic (exact) mass is 329 g/mol. The Kier molecular flexibility index (Phi) is 2.16. The molecule has 6 rings (SSSR count). The number of ketones is 1. The van der Waals surface area contributed by atoms with Crippen molar-refractivity contribution in [3.8, 4) is 0 Å². The van der Waals surface area contributed by atoms with Crippen LogP contribution in [0.3, 0.4) is 0 Å². The van der Waals surface area contributed by atoms with Crippen LogP contribution in [0.25, 0.3) is 10.9 Å². The topological polar surface area (TPSA) is 62.4 Å². The van der Waals surface area contributed by atoms with Crippen LogP contribution in [0, 0.1) is 5.92 Å². The van der Waals surface area contributed by atoms with Crippen molar-refractivity contribution in [1.29, 1.82) is 0 Å². The van der Waals surface area contributed by atoms with Crippen molar-refractivity contribution in [2.75, 3.05) is 6.54 Å². The molecule has 0 aliphatic carbocycles. The molecule has 5 heteroatoms. The number of hydrogen-bond acceptors (Lipinski definition) is 4. The average Bonchev–Trinajstić information content (AvgIpc) is 3.02. The molecule has 4 saturated heterocycles. The Morgan fingerprint density at radius 3 is 2.71 bits per heavy atom. The second-order valence-electron chi connectivity index (χ2n) is 6.99. The third-order valence-corrected chi connectivity index (χ3v) is 5.64. The van der Waals surface area contributed by atoms with E-state index < -0.39 is 18.1 Å². The van der Waals surface area contributed by atoms with Crippen molar-refractivity contribution >= 4 is 22.7 Å². The summed E-state index contributed by atoms with van der Waals surface area (Å²) in [5.41, 5.74) is -0.116. The molecule has 1 aromatic carbocycles.